The highest BCUT2D eigenvalue weighted by atomic mass is 28.3. The number of para-hydroxylation sites is 1. The molecule has 0 bridgehead atoms. The molecule has 0 unspecified atom stereocenters. The summed E-state index contributed by atoms with van der Waals surface area (Å²) in [6.07, 6.45) is 3.19. The number of methoxy groups -OCH3 is 1. The smallest absolute Gasteiger partial charge is 0.316 e. The Bertz CT molecular complexity index is 2220. The van der Waals surface area contributed by atoms with Gasteiger partial charge in [-0.1, -0.05) is 71.7 Å². The van der Waals surface area contributed by atoms with E-state index in [0.717, 1.165) is 30.5 Å². The van der Waals surface area contributed by atoms with Gasteiger partial charge in [0, 0.05) is 42.9 Å². The topological polar surface area (TPSA) is 81.6 Å². The van der Waals surface area contributed by atoms with Crippen LogP contribution in [-0.2, 0) is 4.74 Å². The van der Waals surface area contributed by atoms with E-state index in [1.54, 1.807) is 19.4 Å². The molecular formula is C44H51F2N5O3Si. The van der Waals surface area contributed by atoms with Gasteiger partial charge in [0.2, 0.25) is 0 Å². The van der Waals surface area contributed by atoms with Crippen molar-refractivity contribution in [1.82, 2.24) is 19.9 Å². The van der Waals surface area contributed by atoms with Crippen molar-refractivity contribution in [3.8, 4) is 34.5 Å². The first-order valence-corrected chi connectivity index (χ1v) is 21.6. The molecule has 1 N–H and O–H groups in total. The second-order valence-corrected chi connectivity index (χ2v) is 21.6. The van der Waals surface area contributed by atoms with Crippen molar-refractivity contribution in [2.45, 2.75) is 89.1 Å². The number of fused-ring (bicyclic) bond motifs is 3. The molecule has 0 amide bonds. The fourth-order valence-electron chi connectivity index (χ4n) is 9.17. The molecule has 2 aromatic heterocycles. The zero-order valence-corrected chi connectivity index (χ0v) is 33.9. The molecule has 55 heavy (non-hydrogen) atoms. The number of rotatable bonds is 12. The molecule has 0 saturated carbocycles. The first kappa shape index (κ1) is 38.6. The van der Waals surface area contributed by atoms with Crippen molar-refractivity contribution in [1.29, 1.82) is 0 Å². The van der Waals surface area contributed by atoms with Gasteiger partial charge >= 0.3 is 6.01 Å². The van der Waals surface area contributed by atoms with Crippen molar-refractivity contribution in [3.05, 3.63) is 78.2 Å². The molecule has 3 aromatic carbocycles. The molecule has 5 aromatic rings. The van der Waals surface area contributed by atoms with E-state index in [0.29, 0.717) is 80.9 Å². The van der Waals surface area contributed by atoms with Crippen LogP contribution in [0.25, 0.3) is 32.9 Å². The van der Waals surface area contributed by atoms with Gasteiger partial charge in [-0.2, -0.15) is 4.98 Å². The normalized spacial score (nSPS) is 18.7. The van der Waals surface area contributed by atoms with Gasteiger partial charge in [-0.05, 0) is 77.8 Å². The average molecular weight is 764 g/mol. The van der Waals surface area contributed by atoms with Gasteiger partial charge < -0.3 is 19.5 Å². The van der Waals surface area contributed by atoms with Crippen LogP contribution in [0.4, 0.5) is 20.3 Å². The Hall–Kier alpha value is -4.63. The molecule has 7 rings (SSSR count). The first-order chi connectivity index (χ1) is 26.4. The summed E-state index contributed by atoms with van der Waals surface area (Å²) in [7, 11) is -0.653. The quantitative estimate of drug-likeness (QED) is 0.0764. The summed E-state index contributed by atoms with van der Waals surface area (Å²) in [5.41, 5.74) is 7.44. The Labute approximate surface area is 324 Å². The molecule has 4 heterocycles. The number of alkyl halides is 1. The Balaban J connectivity index is 1.42. The summed E-state index contributed by atoms with van der Waals surface area (Å²) in [5, 5.41) is 5.54. The van der Waals surface area contributed by atoms with E-state index in [-0.39, 0.29) is 18.3 Å². The van der Waals surface area contributed by atoms with Crippen LogP contribution in [0.2, 0.25) is 16.6 Å². The minimum atomic E-state index is -2.22. The molecule has 0 aliphatic carbocycles. The number of hydrogen-bond acceptors (Lipinski definition) is 8. The molecule has 0 radical (unpaired) electrons. The van der Waals surface area contributed by atoms with E-state index in [2.05, 4.69) is 68.2 Å². The summed E-state index contributed by atoms with van der Waals surface area (Å²) >= 11 is 0. The van der Waals surface area contributed by atoms with Crippen LogP contribution < -0.4 is 14.8 Å². The number of aromatic nitrogens is 3. The van der Waals surface area contributed by atoms with Gasteiger partial charge in [-0.15, -0.1) is 5.54 Å². The van der Waals surface area contributed by atoms with Gasteiger partial charge in [-0.25, -0.2) is 18.7 Å². The second kappa shape index (κ2) is 15.8. The number of nitrogens with one attached hydrogen (secondary N) is 1. The van der Waals surface area contributed by atoms with Crippen LogP contribution in [-0.4, -0.2) is 73.2 Å². The Kier molecular flexibility index (Phi) is 11.1. The lowest BCUT2D eigenvalue weighted by Crippen LogP contribution is -2.43. The minimum absolute atomic E-state index is 0.0338. The average Bonchev–Trinajstić information content (AvgIpc) is 3.69. The maximum atomic E-state index is 16.3. The predicted molar refractivity (Wildman–Crippen MR) is 219 cm³/mol. The Morgan fingerprint density at radius 2 is 1.75 bits per heavy atom. The maximum Gasteiger partial charge on any atom is 0.316 e. The van der Waals surface area contributed by atoms with Crippen molar-refractivity contribution < 1.29 is 23.0 Å². The molecule has 0 spiro atoms. The predicted octanol–water partition coefficient (Wildman–Crippen LogP) is 10.2. The lowest BCUT2D eigenvalue weighted by molar-refractivity contribution is 0.0512. The monoisotopic (exact) mass is 763 g/mol. The number of halogens is 2. The number of nitrogens with zero attached hydrogens (tertiary/aromatic N) is 4. The third kappa shape index (κ3) is 7.52. The highest BCUT2D eigenvalue weighted by Gasteiger charge is 2.49. The van der Waals surface area contributed by atoms with Gasteiger partial charge in [-0.3, -0.25) is 4.90 Å². The van der Waals surface area contributed by atoms with Gasteiger partial charge in [0.15, 0.2) is 6.79 Å². The molecule has 8 nitrogen and oxygen atoms in total. The number of benzene rings is 3. The molecule has 11 heteroatoms. The van der Waals surface area contributed by atoms with Crippen molar-refractivity contribution >= 4 is 41.3 Å². The van der Waals surface area contributed by atoms with Crippen molar-refractivity contribution in [2.75, 3.05) is 38.9 Å². The lowest BCUT2D eigenvalue weighted by Gasteiger charge is -2.38. The van der Waals surface area contributed by atoms with Crippen LogP contribution in [0.15, 0.2) is 66.9 Å². The zero-order chi connectivity index (χ0) is 38.9. The third-order valence-electron chi connectivity index (χ3n) is 11.8. The molecule has 2 fully saturated rings. The molecule has 2 saturated heterocycles. The maximum absolute atomic E-state index is 16.3. The number of hydrogen-bond donors (Lipinski definition) is 1. The lowest BCUT2D eigenvalue weighted by atomic mass is 9.95. The number of ether oxygens (including phenoxy) is 3. The van der Waals surface area contributed by atoms with Crippen LogP contribution >= 0.6 is 0 Å². The fourth-order valence-corrected chi connectivity index (χ4v) is 14.4. The molecule has 2 atom stereocenters. The Morgan fingerprint density at radius 3 is 2.47 bits per heavy atom. The first-order valence-electron chi connectivity index (χ1n) is 19.4. The van der Waals surface area contributed by atoms with E-state index in [1.165, 1.54) is 6.07 Å². The highest BCUT2D eigenvalue weighted by Crippen LogP contribution is 2.43. The van der Waals surface area contributed by atoms with Crippen molar-refractivity contribution in [3.63, 3.8) is 0 Å². The van der Waals surface area contributed by atoms with Gasteiger partial charge in [0.25, 0.3) is 0 Å². The summed E-state index contributed by atoms with van der Waals surface area (Å²) in [5.74, 6) is 4.10. The molecule has 2 aliphatic heterocycles. The van der Waals surface area contributed by atoms with E-state index in [4.69, 9.17) is 24.2 Å². The largest absolute Gasteiger partial charge is 0.468 e. The van der Waals surface area contributed by atoms with Gasteiger partial charge in [0.05, 0.1) is 27.7 Å². The summed E-state index contributed by atoms with van der Waals surface area (Å²) < 4.78 is 48.3. The summed E-state index contributed by atoms with van der Waals surface area (Å²) in [6.45, 7) is 15.2. The number of anilines is 2. The van der Waals surface area contributed by atoms with Crippen LogP contribution in [0.3, 0.4) is 0 Å². The van der Waals surface area contributed by atoms with Crippen LogP contribution in [0.1, 0.15) is 66.4 Å². The summed E-state index contributed by atoms with van der Waals surface area (Å²) in [4.78, 5) is 16.9. The molecule has 2 aliphatic rings. The fraction of sp³-hybridized carbons (Fsp3) is 0.432. The SMILES string of the molecule is COCOc1cc(-c2cc3nc(OC[C@@]45CCCN4C[C@H](F)C5)ncc3c(Nc3ccccc3)n2)c2c(C#C[Si](C(C)C)(C(C)C)C(C)C)c(F)ccc2c1. The minimum Gasteiger partial charge on any atom is -0.468 e. The number of pyridine rings is 1. The van der Waals surface area contributed by atoms with Crippen molar-refractivity contribution in [2.24, 2.45) is 0 Å². The van der Waals surface area contributed by atoms with E-state index in [9.17, 15) is 4.39 Å². The second-order valence-electron chi connectivity index (χ2n) is 16.0. The van der Waals surface area contributed by atoms with Gasteiger partial charge in [0.1, 0.15) is 38.2 Å². The van der Waals surface area contributed by atoms with E-state index in [1.807, 2.05) is 48.5 Å². The summed E-state index contributed by atoms with van der Waals surface area (Å²) in [6, 6.07) is 18.8. The van der Waals surface area contributed by atoms with E-state index < -0.39 is 20.1 Å². The van der Waals surface area contributed by atoms with E-state index >= 15 is 4.39 Å². The van der Waals surface area contributed by atoms with Crippen LogP contribution in [0.5, 0.6) is 11.8 Å². The standard InChI is InChI=1S/C44H51F2N5O3Si/c1-28(2)55(29(3)4,30(5)6)19-16-35-38(46)15-14-31-20-34(54-27-52-7)21-36(41(31)35)39-22-40-37(42(49-39)48-33-12-9-8-10-13-33)24-47-43(50-40)53-26-44-17-11-18-51(44)25-32(45)23-44/h8-10,12-15,20-22,24,28-30,32H,11,17-18,23,25-27H2,1-7H3,(H,48,49)/t32-,44+/m1/s1. The molecule has 288 valence electrons. The highest BCUT2D eigenvalue weighted by molar-refractivity contribution is 6.90. The Morgan fingerprint density at radius 1 is 0.982 bits per heavy atom. The molecular weight excluding hydrogens is 713 g/mol. The zero-order valence-electron chi connectivity index (χ0n) is 32.9. The van der Waals surface area contributed by atoms with Crippen LogP contribution in [0, 0.1) is 17.3 Å². The third-order valence-corrected chi connectivity index (χ3v) is 18.0.